The molecule has 19 heavy (non-hydrogen) atoms. The summed E-state index contributed by atoms with van der Waals surface area (Å²) in [6, 6.07) is 9.80. The van der Waals surface area contributed by atoms with Gasteiger partial charge in [-0.1, -0.05) is 24.3 Å². The molecule has 1 N–H and O–H groups in total. The standard InChI is InChI=1S/C15H14O3S/c1-11-14(8-9-18-11)19-10-13-4-2-12(3-5-13)6-7-15(16)17/h2-9H,10H2,1H3,(H,16,17)/b7-6+. The molecule has 0 aliphatic carbocycles. The van der Waals surface area contributed by atoms with Crippen LogP contribution in [0.3, 0.4) is 0 Å². The lowest BCUT2D eigenvalue weighted by Gasteiger charge is -2.01. The van der Waals surface area contributed by atoms with Crippen LogP contribution in [-0.4, -0.2) is 11.1 Å². The third kappa shape index (κ3) is 4.03. The number of furan rings is 1. The first-order chi connectivity index (χ1) is 9.15. The normalized spacial score (nSPS) is 11.0. The van der Waals surface area contributed by atoms with Gasteiger partial charge in [0, 0.05) is 16.7 Å². The first kappa shape index (κ1) is 13.5. The number of rotatable bonds is 5. The highest BCUT2D eigenvalue weighted by molar-refractivity contribution is 7.98. The van der Waals surface area contributed by atoms with E-state index in [9.17, 15) is 4.79 Å². The summed E-state index contributed by atoms with van der Waals surface area (Å²) in [5.74, 6) is 0.865. The minimum atomic E-state index is -0.935. The Labute approximate surface area is 115 Å². The Hall–Kier alpha value is -1.94. The number of carboxylic acids is 1. The van der Waals surface area contributed by atoms with Gasteiger partial charge in [-0.3, -0.25) is 0 Å². The molecule has 3 nitrogen and oxygen atoms in total. The molecule has 0 saturated heterocycles. The predicted octanol–water partition coefficient (Wildman–Crippen LogP) is 3.98. The molecule has 0 saturated carbocycles. The summed E-state index contributed by atoms with van der Waals surface area (Å²) in [7, 11) is 0. The molecule has 98 valence electrons. The van der Waals surface area contributed by atoms with Crippen LogP contribution >= 0.6 is 11.8 Å². The highest BCUT2D eigenvalue weighted by Crippen LogP contribution is 2.26. The van der Waals surface area contributed by atoms with Gasteiger partial charge < -0.3 is 9.52 Å². The van der Waals surface area contributed by atoms with Crippen LogP contribution in [0.25, 0.3) is 6.08 Å². The Morgan fingerprint density at radius 1 is 1.32 bits per heavy atom. The molecule has 1 heterocycles. The molecule has 1 aromatic carbocycles. The van der Waals surface area contributed by atoms with Gasteiger partial charge in [0.2, 0.25) is 0 Å². The van der Waals surface area contributed by atoms with Crippen molar-refractivity contribution in [3.05, 3.63) is 59.6 Å². The molecule has 0 unspecified atom stereocenters. The second-order valence-electron chi connectivity index (χ2n) is 4.04. The largest absolute Gasteiger partial charge is 0.478 e. The molecule has 0 aliphatic rings. The number of carboxylic acid groups (broad SMARTS) is 1. The van der Waals surface area contributed by atoms with Crippen LogP contribution in [0.2, 0.25) is 0 Å². The molecule has 0 aliphatic heterocycles. The van der Waals surface area contributed by atoms with Crippen LogP contribution < -0.4 is 0 Å². The van der Waals surface area contributed by atoms with Gasteiger partial charge in [-0.2, -0.15) is 0 Å². The Kier molecular flexibility index (Phi) is 4.47. The zero-order chi connectivity index (χ0) is 13.7. The minimum Gasteiger partial charge on any atom is -0.478 e. The van der Waals surface area contributed by atoms with E-state index in [2.05, 4.69) is 0 Å². The Balaban J connectivity index is 1.95. The van der Waals surface area contributed by atoms with E-state index in [0.29, 0.717) is 0 Å². The zero-order valence-corrected chi connectivity index (χ0v) is 11.3. The van der Waals surface area contributed by atoms with E-state index < -0.39 is 5.97 Å². The average Bonchev–Trinajstić information content (AvgIpc) is 2.81. The molecule has 0 bridgehead atoms. The van der Waals surface area contributed by atoms with E-state index in [0.717, 1.165) is 28.0 Å². The topological polar surface area (TPSA) is 50.4 Å². The fourth-order valence-corrected chi connectivity index (χ4v) is 2.49. The summed E-state index contributed by atoms with van der Waals surface area (Å²) in [5.41, 5.74) is 2.08. The predicted molar refractivity (Wildman–Crippen MR) is 76.1 cm³/mol. The lowest BCUT2D eigenvalue weighted by Crippen LogP contribution is -1.86. The summed E-state index contributed by atoms with van der Waals surface area (Å²) in [6.45, 7) is 1.95. The van der Waals surface area contributed by atoms with Gasteiger partial charge in [0.05, 0.1) is 6.26 Å². The molecule has 2 rings (SSSR count). The van der Waals surface area contributed by atoms with Crippen LogP contribution in [0.5, 0.6) is 0 Å². The molecular weight excluding hydrogens is 260 g/mol. The van der Waals surface area contributed by atoms with Gasteiger partial charge in [0.1, 0.15) is 5.76 Å². The van der Waals surface area contributed by atoms with Crippen molar-refractivity contribution >= 4 is 23.8 Å². The Morgan fingerprint density at radius 3 is 2.63 bits per heavy atom. The molecule has 0 spiro atoms. The van der Waals surface area contributed by atoms with Crippen molar-refractivity contribution in [3.8, 4) is 0 Å². The maximum Gasteiger partial charge on any atom is 0.328 e. The summed E-state index contributed by atoms with van der Waals surface area (Å²) >= 11 is 1.73. The van der Waals surface area contributed by atoms with Crippen LogP contribution in [0, 0.1) is 6.92 Å². The average molecular weight is 274 g/mol. The van der Waals surface area contributed by atoms with Crippen molar-refractivity contribution in [2.45, 2.75) is 17.6 Å². The van der Waals surface area contributed by atoms with E-state index in [-0.39, 0.29) is 0 Å². The summed E-state index contributed by atoms with van der Waals surface area (Å²) in [4.78, 5) is 11.6. The first-order valence-corrected chi connectivity index (χ1v) is 6.80. The monoisotopic (exact) mass is 274 g/mol. The quantitative estimate of drug-likeness (QED) is 0.662. The lowest BCUT2D eigenvalue weighted by atomic mass is 10.1. The van der Waals surface area contributed by atoms with Crippen molar-refractivity contribution < 1.29 is 14.3 Å². The first-order valence-electron chi connectivity index (χ1n) is 5.82. The number of carbonyl (C=O) groups is 1. The number of aryl methyl sites for hydroxylation is 1. The number of hydrogen-bond acceptors (Lipinski definition) is 3. The number of hydrogen-bond donors (Lipinski definition) is 1. The smallest absolute Gasteiger partial charge is 0.328 e. The SMILES string of the molecule is Cc1occc1SCc1ccc(/C=C/C(=O)O)cc1. The second-order valence-corrected chi connectivity index (χ2v) is 5.06. The van der Waals surface area contributed by atoms with Crippen molar-refractivity contribution in [3.63, 3.8) is 0 Å². The van der Waals surface area contributed by atoms with Crippen LogP contribution in [0.1, 0.15) is 16.9 Å². The zero-order valence-electron chi connectivity index (χ0n) is 10.5. The highest BCUT2D eigenvalue weighted by atomic mass is 32.2. The van der Waals surface area contributed by atoms with Crippen LogP contribution in [-0.2, 0) is 10.5 Å². The van der Waals surface area contributed by atoms with Crippen LogP contribution in [0.15, 0.2) is 52.0 Å². The van der Waals surface area contributed by atoms with Gasteiger partial charge in [0.15, 0.2) is 0 Å². The van der Waals surface area contributed by atoms with E-state index in [4.69, 9.17) is 9.52 Å². The van der Waals surface area contributed by atoms with Gasteiger partial charge in [0.25, 0.3) is 0 Å². The molecule has 4 heteroatoms. The summed E-state index contributed by atoms with van der Waals surface area (Å²) < 4.78 is 5.24. The van der Waals surface area contributed by atoms with Crippen LogP contribution in [0.4, 0.5) is 0 Å². The Bertz CT molecular complexity index is 582. The third-order valence-electron chi connectivity index (χ3n) is 2.60. The number of aliphatic carboxylic acids is 1. The van der Waals surface area contributed by atoms with Crippen molar-refractivity contribution in [2.24, 2.45) is 0 Å². The maximum absolute atomic E-state index is 10.4. The fourth-order valence-electron chi connectivity index (χ4n) is 1.58. The minimum absolute atomic E-state index is 0.864. The van der Waals surface area contributed by atoms with E-state index in [1.165, 1.54) is 5.56 Å². The Morgan fingerprint density at radius 2 is 2.05 bits per heavy atom. The van der Waals surface area contributed by atoms with Gasteiger partial charge in [-0.25, -0.2) is 4.79 Å². The van der Waals surface area contributed by atoms with Crippen molar-refractivity contribution in [1.29, 1.82) is 0 Å². The van der Waals surface area contributed by atoms with Crippen molar-refractivity contribution in [1.82, 2.24) is 0 Å². The fraction of sp³-hybridized carbons (Fsp3) is 0.133. The number of benzene rings is 1. The van der Waals surface area contributed by atoms with Gasteiger partial charge in [-0.05, 0) is 30.2 Å². The molecular formula is C15H14O3S. The highest BCUT2D eigenvalue weighted by Gasteiger charge is 2.02. The van der Waals surface area contributed by atoms with E-state index >= 15 is 0 Å². The second kappa shape index (κ2) is 6.29. The lowest BCUT2D eigenvalue weighted by molar-refractivity contribution is -0.131. The molecule has 0 fully saturated rings. The molecule has 1 aromatic heterocycles. The van der Waals surface area contributed by atoms with E-state index in [1.54, 1.807) is 24.1 Å². The molecule has 2 aromatic rings. The van der Waals surface area contributed by atoms with E-state index in [1.807, 2.05) is 37.3 Å². The maximum atomic E-state index is 10.4. The van der Waals surface area contributed by atoms with Crippen molar-refractivity contribution in [2.75, 3.05) is 0 Å². The van der Waals surface area contributed by atoms with Gasteiger partial charge >= 0.3 is 5.97 Å². The number of thioether (sulfide) groups is 1. The molecule has 0 radical (unpaired) electrons. The molecule has 0 atom stereocenters. The summed E-state index contributed by atoms with van der Waals surface area (Å²) in [5, 5.41) is 8.55. The molecule has 0 amide bonds. The summed E-state index contributed by atoms with van der Waals surface area (Å²) in [6.07, 6.45) is 4.41. The van der Waals surface area contributed by atoms with Gasteiger partial charge in [-0.15, -0.1) is 11.8 Å². The third-order valence-corrected chi connectivity index (χ3v) is 3.82.